The molecule has 0 unspecified atom stereocenters. The van der Waals surface area contributed by atoms with E-state index in [1.807, 2.05) is 0 Å². The summed E-state index contributed by atoms with van der Waals surface area (Å²) < 4.78 is 0. The summed E-state index contributed by atoms with van der Waals surface area (Å²) in [6.45, 7) is 6.76. The van der Waals surface area contributed by atoms with Crippen molar-refractivity contribution in [3.63, 3.8) is 0 Å². The lowest BCUT2D eigenvalue weighted by Gasteiger charge is -1.97. The van der Waals surface area contributed by atoms with Crippen molar-refractivity contribution >= 4 is 11.9 Å². The minimum Gasteiger partial charge on any atom is -0.481 e. The minimum absolute atomic E-state index is 0.184. The predicted octanol–water partition coefficient (Wildman–Crippen LogP) is 0.425. The molecule has 2 atom stereocenters. The number of carboxylic acids is 2. The fraction of sp³-hybridized carbons (Fsp3) is 0.818. The number of aliphatic hydroxyl groups is 2. The molecule has 0 saturated heterocycles. The summed E-state index contributed by atoms with van der Waals surface area (Å²) in [4.78, 5) is 18.0. The molecule has 1 aliphatic rings. The molecule has 0 aromatic heterocycles. The molecular weight excluding hydrogens is 228 g/mol. The summed E-state index contributed by atoms with van der Waals surface area (Å²) in [6.07, 6.45) is 0. The van der Waals surface area contributed by atoms with E-state index in [4.69, 9.17) is 30.0 Å². The van der Waals surface area contributed by atoms with Crippen LogP contribution in [0.2, 0.25) is 0 Å². The van der Waals surface area contributed by atoms with Gasteiger partial charge in [-0.3, -0.25) is 9.59 Å². The van der Waals surface area contributed by atoms with Crippen LogP contribution in [0.3, 0.4) is 0 Å². The number of carbonyl (C=O) groups is 2. The van der Waals surface area contributed by atoms with Gasteiger partial charge in [-0.1, -0.05) is 13.8 Å². The Kier molecular flexibility index (Phi) is 8.61. The Morgan fingerprint density at radius 3 is 1.18 bits per heavy atom. The molecule has 0 aromatic rings. The number of hydrogen-bond donors (Lipinski definition) is 4. The third-order valence-corrected chi connectivity index (χ3v) is 2.68. The first-order valence-electron chi connectivity index (χ1n) is 5.22. The fourth-order valence-corrected chi connectivity index (χ4v) is 1.58. The van der Waals surface area contributed by atoms with Crippen molar-refractivity contribution in [1.82, 2.24) is 0 Å². The van der Waals surface area contributed by atoms with Crippen LogP contribution in [0.25, 0.3) is 0 Å². The Balaban J connectivity index is 0. The van der Waals surface area contributed by atoms with Crippen LogP contribution in [0.5, 0.6) is 0 Å². The van der Waals surface area contributed by atoms with Gasteiger partial charge in [0.1, 0.15) is 0 Å². The second-order valence-electron chi connectivity index (χ2n) is 4.44. The van der Waals surface area contributed by atoms with Gasteiger partial charge in [0.05, 0.1) is 0 Å². The summed E-state index contributed by atoms with van der Waals surface area (Å²) in [5.41, 5.74) is 0.184. The van der Waals surface area contributed by atoms with Gasteiger partial charge in [-0.15, -0.1) is 0 Å². The normalized spacial score (nSPS) is 23.4. The van der Waals surface area contributed by atoms with Crippen molar-refractivity contribution in [2.45, 2.75) is 27.7 Å². The molecule has 0 aliphatic heterocycles. The highest BCUT2D eigenvalue weighted by atomic mass is 16.4. The molecule has 6 heteroatoms. The Morgan fingerprint density at radius 1 is 0.941 bits per heavy atom. The van der Waals surface area contributed by atoms with Crippen molar-refractivity contribution in [2.75, 3.05) is 13.2 Å². The standard InChI is InChI=1S/C7H14O2.2C2H4O2/c1-7(2)5(3-8)6(7)4-9;2*1-2(3)4/h5-6,8-9H,3-4H2,1-2H3;2*1H3,(H,3,4)/t5-,6+;;. The van der Waals surface area contributed by atoms with Crippen LogP contribution in [0.1, 0.15) is 27.7 Å². The zero-order chi connectivity index (χ0) is 14.2. The highest BCUT2D eigenvalue weighted by Crippen LogP contribution is 2.57. The van der Waals surface area contributed by atoms with Gasteiger partial charge in [0.25, 0.3) is 11.9 Å². The van der Waals surface area contributed by atoms with Gasteiger partial charge < -0.3 is 20.4 Å². The van der Waals surface area contributed by atoms with Crippen LogP contribution >= 0.6 is 0 Å². The van der Waals surface area contributed by atoms with Crippen molar-refractivity contribution in [2.24, 2.45) is 17.3 Å². The van der Waals surface area contributed by atoms with Crippen LogP contribution in [0.4, 0.5) is 0 Å². The molecule has 0 spiro atoms. The highest BCUT2D eigenvalue weighted by Gasteiger charge is 2.56. The molecule has 0 aromatic carbocycles. The summed E-state index contributed by atoms with van der Waals surface area (Å²) in [6, 6.07) is 0. The molecule has 0 bridgehead atoms. The van der Waals surface area contributed by atoms with E-state index in [2.05, 4.69) is 13.8 Å². The topological polar surface area (TPSA) is 115 Å². The van der Waals surface area contributed by atoms with E-state index in [0.29, 0.717) is 11.8 Å². The van der Waals surface area contributed by atoms with Crippen LogP contribution in [0, 0.1) is 17.3 Å². The van der Waals surface area contributed by atoms with E-state index in [1.165, 1.54) is 0 Å². The summed E-state index contributed by atoms with van der Waals surface area (Å²) in [5, 5.41) is 32.3. The molecular formula is C11H22O6. The Hall–Kier alpha value is -1.14. The van der Waals surface area contributed by atoms with Gasteiger partial charge in [0.2, 0.25) is 0 Å². The molecule has 1 saturated carbocycles. The third kappa shape index (κ3) is 8.65. The van der Waals surface area contributed by atoms with Gasteiger partial charge in [0, 0.05) is 27.1 Å². The smallest absolute Gasteiger partial charge is 0.300 e. The Morgan fingerprint density at radius 2 is 1.12 bits per heavy atom. The molecule has 1 aliphatic carbocycles. The van der Waals surface area contributed by atoms with Gasteiger partial charge in [-0.05, 0) is 17.3 Å². The molecule has 0 amide bonds. The Labute approximate surface area is 101 Å². The van der Waals surface area contributed by atoms with E-state index in [1.54, 1.807) is 0 Å². The van der Waals surface area contributed by atoms with E-state index >= 15 is 0 Å². The zero-order valence-corrected chi connectivity index (χ0v) is 10.7. The summed E-state index contributed by atoms with van der Waals surface area (Å²) in [7, 11) is 0. The quantitative estimate of drug-likeness (QED) is 0.564. The van der Waals surface area contributed by atoms with Crippen molar-refractivity contribution < 1.29 is 30.0 Å². The number of hydrogen-bond acceptors (Lipinski definition) is 4. The molecule has 102 valence electrons. The lowest BCUT2D eigenvalue weighted by Crippen LogP contribution is -1.94. The van der Waals surface area contributed by atoms with E-state index < -0.39 is 11.9 Å². The highest BCUT2D eigenvalue weighted by molar-refractivity contribution is 5.63. The first-order chi connectivity index (χ1) is 7.61. The second kappa shape index (κ2) is 8.03. The maximum Gasteiger partial charge on any atom is 0.300 e. The average molecular weight is 250 g/mol. The van der Waals surface area contributed by atoms with E-state index in [0.717, 1.165) is 13.8 Å². The van der Waals surface area contributed by atoms with Crippen LogP contribution in [-0.2, 0) is 9.59 Å². The number of carboxylic acid groups (broad SMARTS) is 2. The van der Waals surface area contributed by atoms with Gasteiger partial charge in [0.15, 0.2) is 0 Å². The van der Waals surface area contributed by atoms with Gasteiger partial charge in [-0.2, -0.15) is 0 Å². The summed E-state index contributed by atoms with van der Waals surface area (Å²) >= 11 is 0. The lowest BCUT2D eigenvalue weighted by atomic mass is 10.1. The molecule has 1 rings (SSSR count). The predicted molar refractivity (Wildman–Crippen MR) is 61.6 cm³/mol. The Bertz CT molecular complexity index is 216. The lowest BCUT2D eigenvalue weighted by molar-refractivity contribution is -0.135. The van der Waals surface area contributed by atoms with Gasteiger partial charge in [-0.25, -0.2) is 0 Å². The largest absolute Gasteiger partial charge is 0.481 e. The minimum atomic E-state index is -0.833. The molecule has 17 heavy (non-hydrogen) atoms. The average Bonchev–Trinajstić information content (AvgIpc) is 2.64. The molecule has 4 N–H and O–H groups in total. The third-order valence-electron chi connectivity index (χ3n) is 2.68. The van der Waals surface area contributed by atoms with Crippen LogP contribution in [-0.4, -0.2) is 45.6 Å². The SMILES string of the molecule is CC(=O)O.CC(=O)O.CC1(C)[C@H](CO)[C@@H]1CO. The number of aliphatic carboxylic acids is 2. The maximum absolute atomic E-state index is 9.00. The van der Waals surface area contributed by atoms with Crippen molar-refractivity contribution in [3.05, 3.63) is 0 Å². The number of rotatable bonds is 2. The van der Waals surface area contributed by atoms with E-state index in [9.17, 15) is 0 Å². The molecule has 0 heterocycles. The first-order valence-corrected chi connectivity index (χ1v) is 5.22. The zero-order valence-electron chi connectivity index (χ0n) is 10.7. The number of aliphatic hydroxyl groups excluding tert-OH is 2. The first kappa shape index (κ1) is 18.2. The van der Waals surface area contributed by atoms with Crippen LogP contribution in [0.15, 0.2) is 0 Å². The van der Waals surface area contributed by atoms with Gasteiger partial charge >= 0.3 is 0 Å². The van der Waals surface area contributed by atoms with Crippen molar-refractivity contribution in [3.8, 4) is 0 Å². The van der Waals surface area contributed by atoms with E-state index in [-0.39, 0.29) is 18.6 Å². The molecule has 1 fully saturated rings. The summed E-state index contributed by atoms with van der Waals surface area (Å²) in [5.74, 6) is -0.995. The molecule has 0 radical (unpaired) electrons. The monoisotopic (exact) mass is 250 g/mol. The van der Waals surface area contributed by atoms with Crippen molar-refractivity contribution in [1.29, 1.82) is 0 Å². The maximum atomic E-state index is 9.00. The van der Waals surface area contributed by atoms with Crippen LogP contribution < -0.4 is 0 Å². The second-order valence-corrected chi connectivity index (χ2v) is 4.44. The fourth-order valence-electron chi connectivity index (χ4n) is 1.58. The molecule has 6 nitrogen and oxygen atoms in total.